The molecule has 0 unspecified atom stereocenters. The monoisotopic (exact) mass is 358 g/mol. The van der Waals surface area contributed by atoms with Crippen LogP contribution in [0.3, 0.4) is 0 Å². The van der Waals surface area contributed by atoms with Crippen molar-refractivity contribution < 1.29 is 9.15 Å². The smallest absolute Gasteiger partial charge is 0.322 e. The van der Waals surface area contributed by atoms with Gasteiger partial charge in [0.2, 0.25) is 11.2 Å². The summed E-state index contributed by atoms with van der Waals surface area (Å²) >= 11 is 0. The molecule has 27 heavy (non-hydrogen) atoms. The summed E-state index contributed by atoms with van der Waals surface area (Å²) in [6.45, 7) is 5.71. The van der Waals surface area contributed by atoms with Crippen molar-refractivity contribution in [1.29, 1.82) is 0 Å². The van der Waals surface area contributed by atoms with E-state index < -0.39 is 0 Å². The molecule has 0 aliphatic heterocycles. The standard InChI is InChI=1S/C22H18N2O3/c1-13-8-10-16(11-9-13)20-21(27-22-23-14(2)12-15(3)24-22)19(25)17-6-4-5-7-18(17)26-20/h4-12H,1-3H3. The Morgan fingerprint density at radius 3 is 2.26 bits per heavy atom. The van der Waals surface area contributed by atoms with E-state index in [-0.39, 0.29) is 17.2 Å². The van der Waals surface area contributed by atoms with Crippen molar-refractivity contribution in [1.82, 2.24) is 9.97 Å². The Balaban J connectivity index is 1.96. The molecule has 4 rings (SSSR count). The Kier molecular flexibility index (Phi) is 4.20. The van der Waals surface area contributed by atoms with Crippen molar-refractivity contribution >= 4 is 11.0 Å². The van der Waals surface area contributed by atoms with E-state index in [2.05, 4.69) is 9.97 Å². The van der Waals surface area contributed by atoms with Crippen molar-refractivity contribution in [2.24, 2.45) is 0 Å². The summed E-state index contributed by atoms with van der Waals surface area (Å²) in [5.41, 5.74) is 3.64. The van der Waals surface area contributed by atoms with Gasteiger partial charge in [0.25, 0.3) is 0 Å². The maximum Gasteiger partial charge on any atom is 0.322 e. The molecule has 0 amide bonds. The van der Waals surface area contributed by atoms with Gasteiger partial charge in [0.1, 0.15) is 5.58 Å². The normalized spacial score (nSPS) is 10.9. The van der Waals surface area contributed by atoms with Gasteiger partial charge in [-0.05, 0) is 39.0 Å². The van der Waals surface area contributed by atoms with Crippen molar-refractivity contribution in [2.75, 3.05) is 0 Å². The number of hydrogen-bond donors (Lipinski definition) is 0. The van der Waals surface area contributed by atoms with Crippen LogP contribution in [0.2, 0.25) is 0 Å². The minimum absolute atomic E-state index is 0.0857. The van der Waals surface area contributed by atoms with Crippen LogP contribution in [-0.4, -0.2) is 9.97 Å². The van der Waals surface area contributed by atoms with Gasteiger partial charge in [-0.15, -0.1) is 0 Å². The minimum atomic E-state index is -0.254. The first-order valence-corrected chi connectivity index (χ1v) is 8.64. The van der Waals surface area contributed by atoms with Gasteiger partial charge >= 0.3 is 6.01 Å². The SMILES string of the molecule is Cc1ccc(-c2oc3ccccc3c(=O)c2Oc2nc(C)cc(C)n2)cc1. The molecule has 0 saturated heterocycles. The number of ether oxygens (including phenoxy) is 1. The average Bonchev–Trinajstić information content (AvgIpc) is 2.64. The van der Waals surface area contributed by atoms with Crippen LogP contribution >= 0.6 is 0 Å². The van der Waals surface area contributed by atoms with Crippen molar-refractivity contribution in [2.45, 2.75) is 20.8 Å². The highest BCUT2D eigenvalue weighted by molar-refractivity contribution is 5.82. The van der Waals surface area contributed by atoms with E-state index in [4.69, 9.17) is 9.15 Å². The first-order valence-electron chi connectivity index (χ1n) is 8.64. The van der Waals surface area contributed by atoms with Crippen LogP contribution in [0.1, 0.15) is 17.0 Å². The second-order valence-electron chi connectivity index (χ2n) is 6.49. The van der Waals surface area contributed by atoms with E-state index in [0.29, 0.717) is 16.7 Å². The van der Waals surface area contributed by atoms with Gasteiger partial charge in [0.05, 0.1) is 5.39 Å². The number of hydrogen-bond acceptors (Lipinski definition) is 5. The number of rotatable bonds is 3. The van der Waals surface area contributed by atoms with Gasteiger partial charge < -0.3 is 9.15 Å². The molecule has 0 aliphatic rings. The molecule has 4 aromatic rings. The number of aryl methyl sites for hydroxylation is 3. The second-order valence-corrected chi connectivity index (χ2v) is 6.49. The molecule has 5 nitrogen and oxygen atoms in total. The van der Waals surface area contributed by atoms with E-state index in [9.17, 15) is 4.79 Å². The van der Waals surface area contributed by atoms with Crippen LogP contribution < -0.4 is 10.2 Å². The Morgan fingerprint density at radius 2 is 1.56 bits per heavy atom. The topological polar surface area (TPSA) is 65.2 Å². The predicted molar refractivity (Wildman–Crippen MR) is 104 cm³/mol. The highest BCUT2D eigenvalue weighted by Gasteiger charge is 2.19. The van der Waals surface area contributed by atoms with E-state index in [0.717, 1.165) is 22.5 Å². The van der Waals surface area contributed by atoms with E-state index >= 15 is 0 Å². The van der Waals surface area contributed by atoms with Crippen molar-refractivity contribution in [3.63, 3.8) is 0 Å². The fourth-order valence-corrected chi connectivity index (χ4v) is 2.94. The molecule has 2 heterocycles. The van der Waals surface area contributed by atoms with Gasteiger partial charge in [0, 0.05) is 17.0 Å². The first-order chi connectivity index (χ1) is 13.0. The van der Waals surface area contributed by atoms with Gasteiger partial charge in [-0.25, -0.2) is 9.97 Å². The molecule has 2 aromatic heterocycles. The summed E-state index contributed by atoms with van der Waals surface area (Å²) in [7, 11) is 0. The third-order valence-corrected chi connectivity index (χ3v) is 4.23. The quantitative estimate of drug-likeness (QED) is 0.517. The maximum absolute atomic E-state index is 13.1. The Morgan fingerprint density at radius 1 is 0.889 bits per heavy atom. The van der Waals surface area contributed by atoms with Crippen LogP contribution in [0.25, 0.3) is 22.3 Å². The summed E-state index contributed by atoms with van der Waals surface area (Å²) in [6, 6.07) is 16.8. The highest BCUT2D eigenvalue weighted by Crippen LogP contribution is 2.33. The lowest BCUT2D eigenvalue weighted by Crippen LogP contribution is -2.09. The summed E-state index contributed by atoms with van der Waals surface area (Å²) in [5.74, 6) is 0.448. The molecule has 0 spiro atoms. The molecule has 0 bridgehead atoms. The fraction of sp³-hybridized carbons (Fsp3) is 0.136. The number of fused-ring (bicyclic) bond motifs is 1. The van der Waals surface area contributed by atoms with Crippen molar-refractivity contribution in [3.05, 3.63) is 81.8 Å². The molecule has 0 saturated carbocycles. The third kappa shape index (κ3) is 3.31. The Labute approximate surface area is 156 Å². The van der Waals surface area contributed by atoms with Crippen LogP contribution in [0.4, 0.5) is 0 Å². The lowest BCUT2D eigenvalue weighted by atomic mass is 10.1. The largest absolute Gasteiger partial charge is 0.452 e. The van der Waals surface area contributed by atoms with Crippen molar-refractivity contribution in [3.8, 4) is 23.1 Å². The first kappa shape index (κ1) is 17.0. The maximum atomic E-state index is 13.1. The lowest BCUT2D eigenvalue weighted by Gasteiger charge is -2.11. The van der Waals surface area contributed by atoms with Crippen LogP contribution in [0.15, 0.2) is 63.8 Å². The van der Waals surface area contributed by atoms with E-state index in [1.54, 1.807) is 18.2 Å². The number of para-hydroxylation sites is 1. The van der Waals surface area contributed by atoms with Gasteiger partial charge in [-0.2, -0.15) is 0 Å². The molecular formula is C22H18N2O3. The Bertz CT molecular complexity index is 1170. The second kappa shape index (κ2) is 6.68. The fourth-order valence-electron chi connectivity index (χ4n) is 2.94. The lowest BCUT2D eigenvalue weighted by molar-refractivity contribution is 0.421. The molecule has 0 atom stereocenters. The summed E-state index contributed by atoms with van der Waals surface area (Å²) in [4.78, 5) is 21.7. The number of benzene rings is 2. The third-order valence-electron chi connectivity index (χ3n) is 4.23. The zero-order valence-corrected chi connectivity index (χ0v) is 15.3. The molecule has 0 aliphatic carbocycles. The number of aromatic nitrogens is 2. The molecule has 0 fully saturated rings. The molecule has 0 N–H and O–H groups in total. The van der Waals surface area contributed by atoms with Gasteiger partial charge in [-0.1, -0.05) is 42.0 Å². The molecular weight excluding hydrogens is 340 g/mol. The van der Waals surface area contributed by atoms with Crippen LogP contribution in [0, 0.1) is 20.8 Å². The van der Waals surface area contributed by atoms with Crippen LogP contribution in [-0.2, 0) is 0 Å². The zero-order valence-electron chi connectivity index (χ0n) is 15.3. The zero-order chi connectivity index (χ0) is 19.0. The summed E-state index contributed by atoms with van der Waals surface area (Å²) in [6.07, 6.45) is 0. The molecule has 2 aromatic carbocycles. The average molecular weight is 358 g/mol. The van der Waals surface area contributed by atoms with Gasteiger partial charge in [0.15, 0.2) is 5.76 Å². The highest BCUT2D eigenvalue weighted by atomic mass is 16.5. The summed E-state index contributed by atoms with van der Waals surface area (Å²) < 4.78 is 11.9. The molecule has 0 radical (unpaired) electrons. The van der Waals surface area contributed by atoms with Gasteiger partial charge in [-0.3, -0.25) is 4.79 Å². The molecule has 134 valence electrons. The Hall–Kier alpha value is -3.47. The van der Waals surface area contributed by atoms with E-state index in [1.165, 1.54) is 0 Å². The van der Waals surface area contributed by atoms with Crippen LogP contribution in [0.5, 0.6) is 11.8 Å². The molecule has 5 heteroatoms. The number of nitrogens with zero attached hydrogens (tertiary/aromatic N) is 2. The predicted octanol–water partition coefficient (Wildman–Crippen LogP) is 4.97. The summed E-state index contributed by atoms with van der Waals surface area (Å²) in [5, 5.41) is 0.452. The van der Waals surface area contributed by atoms with E-state index in [1.807, 2.05) is 57.2 Å². The minimum Gasteiger partial charge on any atom is -0.452 e.